The van der Waals surface area contributed by atoms with E-state index in [2.05, 4.69) is 10.4 Å². The van der Waals surface area contributed by atoms with Gasteiger partial charge in [0, 0.05) is 11.8 Å². The molecule has 1 heterocycles. The van der Waals surface area contributed by atoms with Crippen LogP contribution < -0.4 is 5.32 Å². The Balaban J connectivity index is 2.28. The number of rotatable bonds is 5. The zero-order valence-corrected chi connectivity index (χ0v) is 13.5. The fraction of sp³-hybridized carbons (Fsp3) is 0.312. The van der Waals surface area contributed by atoms with E-state index in [1.165, 1.54) is 31.2 Å². The molecule has 0 saturated carbocycles. The van der Waals surface area contributed by atoms with Crippen LogP contribution in [0.5, 0.6) is 0 Å². The van der Waals surface area contributed by atoms with Crippen molar-refractivity contribution in [3.8, 4) is 5.69 Å². The highest BCUT2D eigenvalue weighted by Crippen LogP contribution is 2.28. The molecule has 0 fully saturated rings. The summed E-state index contributed by atoms with van der Waals surface area (Å²) in [7, 11) is 0. The molecule has 9 heteroatoms. The van der Waals surface area contributed by atoms with Crippen molar-refractivity contribution in [3.05, 3.63) is 47.8 Å². The van der Waals surface area contributed by atoms with Crippen LogP contribution in [-0.4, -0.2) is 32.3 Å². The predicted octanol–water partition coefficient (Wildman–Crippen LogP) is 2.87. The van der Waals surface area contributed by atoms with E-state index in [9.17, 15) is 27.9 Å². The van der Waals surface area contributed by atoms with Crippen LogP contribution in [0.3, 0.4) is 0 Å². The largest absolute Gasteiger partial charge is 0.480 e. The van der Waals surface area contributed by atoms with Gasteiger partial charge in [-0.15, -0.1) is 0 Å². The number of carboxylic acid groups (broad SMARTS) is 1. The fourth-order valence-electron chi connectivity index (χ4n) is 2.02. The molecule has 0 aliphatic heterocycles. The summed E-state index contributed by atoms with van der Waals surface area (Å²) in [5, 5.41) is 15.1. The molecule has 1 aromatic heterocycles. The van der Waals surface area contributed by atoms with Crippen LogP contribution in [0.1, 0.15) is 36.3 Å². The number of carbonyl (C=O) groups excluding carboxylic acids is 1. The SMILES string of the molecule is CCC(C)(NC(=O)c1cccc(-n2ccc(C(F)(F)F)n2)c1)C(=O)O. The minimum Gasteiger partial charge on any atom is -0.480 e. The van der Waals surface area contributed by atoms with Crippen LogP contribution >= 0.6 is 0 Å². The van der Waals surface area contributed by atoms with Gasteiger partial charge in [-0.05, 0) is 37.6 Å². The third kappa shape index (κ3) is 3.98. The second-order valence-corrected chi connectivity index (χ2v) is 5.64. The fourth-order valence-corrected chi connectivity index (χ4v) is 2.02. The van der Waals surface area contributed by atoms with E-state index in [1.807, 2.05) is 0 Å². The molecule has 25 heavy (non-hydrogen) atoms. The quantitative estimate of drug-likeness (QED) is 0.864. The number of nitrogens with zero attached hydrogens (tertiary/aromatic N) is 2. The van der Waals surface area contributed by atoms with E-state index in [-0.39, 0.29) is 17.7 Å². The molecule has 6 nitrogen and oxygen atoms in total. The third-order valence-corrected chi connectivity index (χ3v) is 3.82. The Hall–Kier alpha value is -2.84. The Morgan fingerprint density at radius 1 is 1.28 bits per heavy atom. The van der Waals surface area contributed by atoms with Crippen molar-refractivity contribution in [1.82, 2.24) is 15.1 Å². The molecule has 2 N–H and O–H groups in total. The lowest BCUT2D eigenvalue weighted by Gasteiger charge is -2.24. The number of hydrogen-bond donors (Lipinski definition) is 2. The van der Waals surface area contributed by atoms with Crippen molar-refractivity contribution >= 4 is 11.9 Å². The van der Waals surface area contributed by atoms with Gasteiger partial charge in [0.1, 0.15) is 5.54 Å². The van der Waals surface area contributed by atoms with Crippen LogP contribution in [0.15, 0.2) is 36.5 Å². The number of carboxylic acids is 1. The molecule has 0 saturated heterocycles. The van der Waals surface area contributed by atoms with Gasteiger partial charge in [-0.2, -0.15) is 18.3 Å². The number of benzene rings is 1. The van der Waals surface area contributed by atoms with Crippen LogP contribution in [0.2, 0.25) is 0 Å². The molecule has 0 radical (unpaired) electrons. The van der Waals surface area contributed by atoms with Gasteiger partial charge in [0.2, 0.25) is 0 Å². The second kappa shape index (κ2) is 6.58. The average molecular weight is 355 g/mol. The Morgan fingerprint density at radius 3 is 2.48 bits per heavy atom. The van der Waals surface area contributed by atoms with E-state index in [4.69, 9.17) is 0 Å². The van der Waals surface area contributed by atoms with E-state index < -0.39 is 29.3 Å². The highest BCUT2D eigenvalue weighted by atomic mass is 19.4. The van der Waals surface area contributed by atoms with Crippen molar-refractivity contribution in [2.75, 3.05) is 0 Å². The number of carbonyl (C=O) groups is 2. The van der Waals surface area contributed by atoms with Crippen LogP contribution in [0.4, 0.5) is 13.2 Å². The Bertz CT molecular complexity index is 801. The van der Waals surface area contributed by atoms with E-state index in [0.29, 0.717) is 0 Å². The van der Waals surface area contributed by atoms with Crippen LogP contribution in [0.25, 0.3) is 5.69 Å². The summed E-state index contributed by atoms with van der Waals surface area (Å²) in [6, 6.07) is 6.56. The van der Waals surface area contributed by atoms with Crippen LogP contribution in [-0.2, 0) is 11.0 Å². The summed E-state index contributed by atoms with van der Waals surface area (Å²) in [6.07, 6.45) is -3.26. The topological polar surface area (TPSA) is 84.2 Å². The molecule has 1 unspecified atom stereocenters. The zero-order valence-electron chi connectivity index (χ0n) is 13.5. The predicted molar refractivity (Wildman–Crippen MR) is 82.4 cm³/mol. The summed E-state index contributed by atoms with van der Waals surface area (Å²) in [5.41, 5.74) is -2.13. The normalized spacial score (nSPS) is 14.0. The van der Waals surface area contributed by atoms with E-state index in [1.54, 1.807) is 6.92 Å². The molecule has 2 rings (SSSR count). The Kier molecular flexibility index (Phi) is 4.87. The van der Waals surface area contributed by atoms with Crippen molar-refractivity contribution in [3.63, 3.8) is 0 Å². The maximum Gasteiger partial charge on any atom is 0.435 e. The third-order valence-electron chi connectivity index (χ3n) is 3.82. The van der Waals surface area contributed by atoms with Gasteiger partial charge in [-0.3, -0.25) is 4.79 Å². The van der Waals surface area contributed by atoms with Gasteiger partial charge >= 0.3 is 12.1 Å². The van der Waals surface area contributed by atoms with E-state index >= 15 is 0 Å². The summed E-state index contributed by atoms with van der Waals surface area (Å²) >= 11 is 0. The van der Waals surface area contributed by atoms with Crippen molar-refractivity contribution in [1.29, 1.82) is 0 Å². The number of nitrogens with one attached hydrogen (secondary N) is 1. The standard InChI is InChI=1S/C16H16F3N3O3/c1-3-15(2,14(24)25)20-13(23)10-5-4-6-11(9-10)22-8-7-12(21-22)16(17,18)19/h4-9H,3H2,1-2H3,(H,20,23)(H,24,25). The number of aliphatic carboxylic acids is 1. The van der Waals surface area contributed by atoms with Crippen molar-refractivity contribution < 1.29 is 27.9 Å². The first-order chi connectivity index (χ1) is 11.6. The van der Waals surface area contributed by atoms with Gasteiger partial charge in [0.15, 0.2) is 5.69 Å². The minimum atomic E-state index is -4.56. The van der Waals surface area contributed by atoms with Crippen molar-refractivity contribution in [2.45, 2.75) is 32.0 Å². The maximum absolute atomic E-state index is 12.6. The number of aromatic nitrogens is 2. The molecular formula is C16H16F3N3O3. The Labute approximate surface area is 141 Å². The molecule has 0 bridgehead atoms. The molecule has 1 amide bonds. The smallest absolute Gasteiger partial charge is 0.435 e. The highest BCUT2D eigenvalue weighted by molar-refractivity contribution is 5.98. The number of hydrogen-bond acceptors (Lipinski definition) is 3. The monoisotopic (exact) mass is 355 g/mol. The molecule has 1 atom stereocenters. The number of amides is 1. The van der Waals surface area contributed by atoms with Gasteiger partial charge in [0.25, 0.3) is 5.91 Å². The van der Waals surface area contributed by atoms with Crippen molar-refractivity contribution in [2.24, 2.45) is 0 Å². The molecule has 0 spiro atoms. The molecular weight excluding hydrogens is 339 g/mol. The maximum atomic E-state index is 12.6. The lowest BCUT2D eigenvalue weighted by molar-refractivity contribution is -0.144. The van der Waals surface area contributed by atoms with Crippen LogP contribution in [0, 0.1) is 0 Å². The molecule has 1 aromatic carbocycles. The first-order valence-electron chi connectivity index (χ1n) is 7.36. The minimum absolute atomic E-state index is 0.113. The first-order valence-corrected chi connectivity index (χ1v) is 7.36. The lowest BCUT2D eigenvalue weighted by Crippen LogP contribution is -2.51. The number of alkyl halides is 3. The molecule has 0 aliphatic rings. The van der Waals surface area contributed by atoms with Gasteiger partial charge < -0.3 is 10.4 Å². The average Bonchev–Trinajstić information content (AvgIpc) is 3.05. The molecule has 0 aliphatic carbocycles. The second-order valence-electron chi connectivity index (χ2n) is 5.64. The van der Waals surface area contributed by atoms with Gasteiger partial charge in [-0.25, -0.2) is 9.48 Å². The molecule has 2 aromatic rings. The molecule has 134 valence electrons. The Morgan fingerprint density at radius 2 is 1.96 bits per heavy atom. The number of halogens is 3. The van der Waals surface area contributed by atoms with Gasteiger partial charge in [-0.1, -0.05) is 13.0 Å². The van der Waals surface area contributed by atoms with E-state index in [0.717, 1.165) is 16.9 Å². The lowest BCUT2D eigenvalue weighted by atomic mass is 9.98. The summed E-state index contributed by atoms with van der Waals surface area (Å²) in [6.45, 7) is 2.99. The van der Waals surface area contributed by atoms with Gasteiger partial charge in [0.05, 0.1) is 5.69 Å². The summed E-state index contributed by atoms with van der Waals surface area (Å²) in [4.78, 5) is 23.6. The summed E-state index contributed by atoms with van der Waals surface area (Å²) in [5.74, 6) is -1.82. The zero-order chi connectivity index (χ0) is 18.8. The highest BCUT2D eigenvalue weighted by Gasteiger charge is 2.34. The summed E-state index contributed by atoms with van der Waals surface area (Å²) < 4.78 is 38.9. The first kappa shape index (κ1) is 18.5.